The molecule has 0 aromatic heterocycles. The lowest BCUT2D eigenvalue weighted by Crippen LogP contribution is -2.53. The van der Waals surface area contributed by atoms with E-state index < -0.39 is 0 Å². The molecule has 28 heavy (non-hydrogen) atoms. The Morgan fingerprint density at radius 2 is 1.86 bits per heavy atom. The van der Waals surface area contributed by atoms with Crippen molar-refractivity contribution in [1.29, 1.82) is 0 Å². The number of morpholine rings is 1. The SMILES string of the molecule is CC(CNC(=O)C(C)N1CCCC(C(=O)N2CCOCC2)C1)c1ccccc1. The van der Waals surface area contributed by atoms with Gasteiger partial charge >= 0.3 is 0 Å². The van der Waals surface area contributed by atoms with Gasteiger partial charge in [-0.25, -0.2) is 0 Å². The summed E-state index contributed by atoms with van der Waals surface area (Å²) in [6.45, 7) is 8.85. The highest BCUT2D eigenvalue weighted by Gasteiger charge is 2.33. The molecule has 0 saturated carbocycles. The van der Waals surface area contributed by atoms with Crippen LogP contribution in [0.4, 0.5) is 0 Å². The molecular weight excluding hydrogens is 354 g/mol. The standard InChI is InChI=1S/C22H33N3O3/c1-17(19-7-4-3-5-8-19)15-23-21(26)18(2)25-10-6-9-20(16-25)22(27)24-11-13-28-14-12-24/h3-5,7-8,17-18,20H,6,9-16H2,1-2H3,(H,23,26). The van der Waals surface area contributed by atoms with Crippen molar-refractivity contribution >= 4 is 11.8 Å². The fraction of sp³-hybridized carbons (Fsp3) is 0.636. The minimum Gasteiger partial charge on any atom is -0.378 e. The van der Waals surface area contributed by atoms with E-state index in [1.165, 1.54) is 5.56 Å². The van der Waals surface area contributed by atoms with E-state index in [1.807, 2.05) is 30.0 Å². The number of nitrogens with zero attached hydrogens (tertiary/aromatic N) is 2. The van der Waals surface area contributed by atoms with Crippen molar-refractivity contribution in [1.82, 2.24) is 15.1 Å². The van der Waals surface area contributed by atoms with Crippen molar-refractivity contribution in [2.45, 2.75) is 38.6 Å². The highest BCUT2D eigenvalue weighted by Crippen LogP contribution is 2.21. The number of amides is 2. The second-order valence-electron chi connectivity index (χ2n) is 8.00. The number of carbonyl (C=O) groups is 2. The first-order valence-corrected chi connectivity index (χ1v) is 10.5. The van der Waals surface area contributed by atoms with Crippen molar-refractivity contribution in [2.75, 3.05) is 45.9 Å². The smallest absolute Gasteiger partial charge is 0.237 e. The molecule has 1 N–H and O–H groups in total. The molecule has 2 fully saturated rings. The summed E-state index contributed by atoms with van der Waals surface area (Å²) >= 11 is 0. The molecule has 1 aromatic rings. The molecule has 0 bridgehead atoms. The van der Waals surface area contributed by atoms with Crippen LogP contribution in [0.5, 0.6) is 0 Å². The molecule has 2 saturated heterocycles. The average Bonchev–Trinajstić information content (AvgIpc) is 2.77. The van der Waals surface area contributed by atoms with Gasteiger partial charge in [0.2, 0.25) is 11.8 Å². The predicted octanol–water partition coefficient (Wildman–Crippen LogP) is 1.87. The number of nitrogens with one attached hydrogen (secondary N) is 1. The van der Waals surface area contributed by atoms with Gasteiger partial charge in [0, 0.05) is 26.2 Å². The number of likely N-dealkylation sites (tertiary alicyclic amines) is 1. The molecule has 0 spiro atoms. The molecular formula is C22H33N3O3. The summed E-state index contributed by atoms with van der Waals surface area (Å²) in [5.41, 5.74) is 1.23. The first-order chi connectivity index (χ1) is 13.6. The van der Waals surface area contributed by atoms with Gasteiger partial charge in [-0.2, -0.15) is 0 Å². The Hall–Kier alpha value is -1.92. The maximum absolute atomic E-state index is 12.8. The zero-order valence-electron chi connectivity index (χ0n) is 17.1. The van der Waals surface area contributed by atoms with Gasteiger partial charge in [0.1, 0.15) is 0 Å². The van der Waals surface area contributed by atoms with Crippen molar-refractivity contribution in [3.63, 3.8) is 0 Å². The van der Waals surface area contributed by atoms with Gasteiger partial charge in [0.05, 0.1) is 25.2 Å². The Kier molecular flexibility index (Phi) is 7.45. The quantitative estimate of drug-likeness (QED) is 0.809. The fourth-order valence-electron chi connectivity index (χ4n) is 4.07. The van der Waals surface area contributed by atoms with Gasteiger partial charge in [-0.05, 0) is 37.8 Å². The molecule has 0 radical (unpaired) electrons. The largest absolute Gasteiger partial charge is 0.378 e. The Morgan fingerprint density at radius 1 is 1.14 bits per heavy atom. The number of carbonyl (C=O) groups excluding carboxylic acids is 2. The van der Waals surface area contributed by atoms with Crippen LogP contribution in [0.1, 0.15) is 38.2 Å². The van der Waals surface area contributed by atoms with Crippen LogP contribution in [-0.2, 0) is 14.3 Å². The lowest BCUT2D eigenvalue weighted by molar-refractivity contribution is -0.142. The summed E-state index contributed by atoms with van der Waals surface area (Å²) in [7, 11) is 0. The van der Waals surface area contributed by atoms with E-state index in [1.54, 1.807) is 0 Å². The van der Waals surface area contributed by atoms with E-state index in [2.05, 4.69) is 29.3 Å². The highest BCUT2D eigenvalue weighted by molar-refractivity contribution is 5.82. The molecule has 6 nitrogen and oxygen atoms in total. The summed E-state index contributed by atoms with van der Waals surface area (Å²) in [5.74, 6) is 0.528. The van der Waals surface area contributed by atoms with Gasteiger partial charge in [-0.3, -0.25) is 14.5 Å². The monoisotopic (exact) mass is 387 g/mol. The minimum absolute atomic E-state index is 0.00894. The van der Waals surface area contributed by atoms with E-state index in [0.29, 0.717) is 39.4 Å². The van der Waals surface area contributed by atoms with Crippen molar-refractivity contribution in [2.24, 2.45) is 5.92 Å². The van der Waals surface area contributed by atoms with Crippen molar-refractivity contribution in [3.05, 3.63) is 35.9 Å². The Bertz CT molecular complexity index is 646. The molecule has 154 valence electrons. The molecule has 6 heteroatoms. The predicted molar refractivity (Wildman–Crippen MR) is 109 cm³/mol. The zero-order chi connectivity index (χ0) is 19.9. The second kappa shape index (κ2) is 10.0. The third kappa shape index (κ3) is 5.32. The third-order valence-electron chi connectivity index (χ3n) is 6.00. The molecule has 2 heterocycles. The Morgan fingerprint density at radius 3 is 2.57 bits per heavy atom. The van der Waals surface area contributed by atoms with Gasteiger partial charge in [-0.1, -0.05) is 37.3 Å². The topological polar surface area (TPSA) is 61.9 Å². The van der Waals surface area contributed by atoms with Crippen molar-refractivity contribution in [3.8, 4) is 0 Å². The highest BCUT2D eigenvalue weighted by atomic mass is 16.5. The Balaban J connectivity index is 1.49. The van der Waals surface area contributed by atoms with Crippen molar-refractivity contribution < 1.29 is 14.3 Å². The van der Waals surface area contributed by atoms with E-state index in [4.69, 9.17) is 4.74 Å². The van der Waals surface area contributed by atoms with E-state index >= 15 is 0 Å². The number of ether oxygens (including phenoxy) is 1. The molecule has 2 aliphatic rings. The minimum atomic E-state index is -0.219. The Labute approximate surface area is 168 Å². The fourth-order valence-corrected chi connectivity index (χ4v) is 4.07. The summed E-state index contributed by atoms with van der Waals surface area (Å²) in [6, 6.07) is 10.0. The van der Waals surface area contributed by atoms with Crippen LogP contribution in [0.2, 0.25) is 0 Å². The van der Waals surface area contributed by atoms with E-state index in [-0.39, 0.29) is 29.7 Å². The summed E-state index contributed by atoms with van der Waals surface area (Å²) < 4.78 is 5.35. The van der Waals surface area contributed by atoms with Crippen LogP contribution >= 0.6 is 0 Å². The maximum Gasteiger partial charge on any atom is 0.237 e. The van der Waals surface area contributed by atoms with Crippen LogP contribution in [0.3, 0.4) is 0 Å². The molecule has 3 unspecified atom stereocenters. The summed E-state index contributed by atoms with van der Waals surface area (Å²) in [6.07, 6.45) is 1.87. The van der Waals surface area contributed by atoms with Gasteiger partial charge in [-0.15, -0.1) is 0 Å². The van der Waals surface area contributed by atoms with E-state index in [0.717, 1.165) is 19.4 Å². The summed E-state index contributed by atoms with van der Waals surface area (Å²) in [5, 5.41) is 3.09. The lowest BCUT2D eigenvalue weighted by atomic mass is 9.95. The average molecular weight is 388 g/mol. The van der Waals surface area contributed by atoms with Crippen LogP contribution in [0.25, 0.3) is 0 Å². The molecule has 1 aromatic carbocycles. The summed E-state index contributed by atoms with van der Waals surface area (Å²) in [4.78, 5) is 29.6. The van der Waals surface area contributed by atoms with Gasteiger partial charge < -0.3 is 15.0 Å². The number of piperidine rings is 1. The van der Waals surface area contributed by atoms with Gasteiger partial charge in [0.25, 0.3) is 0 Å². The van der Waals surface area contributed by atoms with E-state index in [9.17, 15) is 9.59 Å². The maximum atomic E-state index is 12.8. The molecule has 3 rings (SSSR count). The third-order valence-corrected chi connectivity index (χ3v) is 6.00. The molecule has 2 aliphatic heterocycles. The molecule has 3 atom stereocenters. The number of rotatable bonds is 6. The normalized spacial score (nSPS) is 23.1. The molecule has 2 amide bonds. The first kappa shape index (κ1) is 20.8. The van der Waals surface area contributed by atoms with Gasteiger partial charge in [0.15, 0.2) is 0 Å². The number of hydrogen-bond acceptors (Lipinski definition) is 4. The van der Waals surface area contributed by atoms with Crippen LogP contribution < -0.4 is 5.32 Å². The molecule has 0 aliphatic carbocycles. The number of benzene rings is 1. The second-order valence-corrected chi connectivity index (χ2v) is 8.00. The van der Waals surface area contributed by atoms with Crippen LogP contribution in [-0.4, -0.2) is 73.6 Å². The lowest BCUT2D eigenvalue weighted by Gasteiger charge is -2.38. The van der Waals surface area contributed by atoms with Crippen LogP contribution in [0, 0.1) is 5.92 Å². The first-order valence-electron chi connectivity index (χ1n) is 10.5. The number of hydrogen-bond donors (Lipinski definition) is 1. The zero-order valence-corrected chi connectivity index (χ0v) is 17.1. The van der Waals surface area contributed by atoms with Crippen LogP contribution in [0.15, 0.2) is 30.3 Å².